The molecule has 0 saturated carbocycles. The van der Waals surface area contributed by atoms with E-state index in [2.05, 4.69) is 0 Å². The van der Waals surface area contributed by atoms with Crippen LogP contribution in [-0.2, 0) is 20.4 Å². The van der Waals surface area contributed by atoms with E-state index in [1.807, 2.05) is 4.98 Å². The fraction of sp³-hybridized carbons (Fsp3) is 0. The van der Waals surface area contributed by atoms with Crippen molar-refractivity contribution in [3.63, 3.8) is 0 Å². The van der Waals surface area contributed by atoms with E-state index in [1.54, 1.807) is 0 Å². The summed E-state index contributed by atoms with van der Waals surface area (Å²) >= 11 is 0. The first-order valence-electron chi connectivity index (χ1n) is 4.21. The molecule has 2 rings (SSSR count). The van der Waals surface area contributed by atoms with E-state index in [-0.39, 0.29) is 10.9 Å². The van der Waals surface area contributed by atoms with Gasteiger partial charge in [-0.2, -0.15) is 16.8 Å². The SMILES string of the molecule is O=S(=O)(F)c1[nH]c2ccccc2c1S(=O)(=O)F. The Labute approximate surface area is 95.5 Å². The highest BCUT2D eigenvalue weighted by Gasteiger charge is 2.31. The van der Waals surface area contributed by atoms with Crippen LogP contribution in [0.5, 0.6) is 0 Å². The van der Waals surface area contributed by atoms with E-state index in [9.17, 15) is 24.6 Å². The van der Waals surface area contributed by atoms with Crippen molar-refractivity contribution in [3.05, 3.63) is 24.3 Å². The smallest absolute Gasteiger partial charge is 0.342 e. The summed E-state index contributed by atoms with van der Waals surface area (Å²) in [6, 6.07) is 5.31. The van der Waals surface area contributed by atoms with Gasteiger partial charge in [-0.15, -0.1) is 3.89 Å². The number of H-pyrrole nitrogens is 1. The summed E-state index contributed by atoms with van der Waals surface area (Å²) in [4.78, 5) is 0.830. The molecule has 0 fully saturated rings. The summed E-state index contributed by atoms with van der Waals surface area (Å²) in [6.45, 7) is 0. The third-order valence-electron chi connectivity index (χ3n) is 2.11. The number of hydrogen-bond donors (Lipinski definition) is 1. The molecule has 1 aromatic heterocycles. The van der Waals surface area contributed by atoms with Crippen molar-refractivity contribution in [2.24, 2.45) is 0 Å². The molecule has 0 spiro atoms. The lowest BCUT2D eigenvalue weighted by atomic mass is 10.2. The lowest BCUT2D eigenvalue weighted by Crippen LogP contribution is -2.00. The molecule has 9 heteroatoms. The van der Waals surface area contributed by atoms with Crippen molar-refractivity contribution in [2.75, 3.05) is 0 Å². The standard InChI is InChI=1S/C8H5F2NO4S2/c9-16(12,13)7-5-3-1-2-4-6(5)11-8(7)17(10,14)15/h1-4,11H. The molecule has 1 aromatic carbocycles. The maximum absolute atomic E-state index is 13.0. The molecular formula is C8H5F2NO4S2. The van der Waals surface area contributed by atoms with Gasteiger partial charge >= 0.3 is 20.4 Å². The van der Waals surface area contributed by atoms with Gasteiger partial charge in [0.05, 0.1) is 0 Å². The van der Waals surface area contributed by atoms with Crippen molar-refractivity contribution in [2.45, 2.75) is 9.92 Å². The first-order chi connectivity index (χ1) is 7.71. The monoisotopic (exact) mass is 281 g/mol. The van der Waals surface area contributed by atoms with E-state index >= 15 is 0 Å². The van der Waals surface area contributed by atoms with Gasteiger partial charge in [0.15, 0.2) is 5.03 Å². The van der Waals surface area contributed by atoms with E-state index in [0.29, 0.717) is 0 Å². The molecule has 17 heavy (non-hydrogen) atoms. The summed E-state index contributed by atoms with van der Waals surface area (Å²) in [5.41, 5.74) is 0.0138. The number of hydrogen-bond acceptors (Lipinski definition) is 4. The summed E-state index contributed by atoms with van der Waals surface area (Å²) in [7, 11) is -10.7. The average Bonchev–Trinajstić information content (AvgIpc) is 2.54. The highest BCUT2D eigenvalue weighted by atomic mass is 32.3. The van der Waals surface area contributed by atoms with Crippen LogP contribution in [0.25, 0.3) is 10.9 Å². The van der Waals surface area contributed by atoms with Crippen molar-refractivity contribution < 1.29 is 24.6 Å². The van der Waals surface area contributed by atoms with Gasteiger partial charge in [-0.3, -0.25) is 0 Å². The lowest BCUT2D eigenvalue weighted by Gasteiger charge is -1.94. The molecule has 5 nitrogen and oxygen atoms in total. The normalized spacial score (nSPS) is 13.1. The van der Waals surface area contributed by atoms with Gasteiger partial charge in [0.2, 0.25) is 0 Å². The Kier molecular flexibility index (Phi) is 2.47. The zero-order chi connectivity index (χ0) is 12.8. The van der Waals surface area contributed by atoms with Crippen LogP contribution in [0.3, 0.4) is 0 Å². The van der Waals surface area contributed by atoms with Gasteiger partial charge in [0, 0.05) is 10.9 Å². The Morgan fingerprint density at radius 2 is 1.53 bits per heavy atom. The molecule has 0 saturated heterocycles. The minimum absolute atomic E-state index is 0.0138. The third kappa shape index (κ3) is 2.03. The number of aromatic amines is 1. The molecule has 0 unspecified atom stereocenters. The lowest BCUT2D eigenvalue weighted by molar-refractivity contribution is 0.533. The van der Waals surface area contributed by atoms with Crippen LogP contribution in [0.15, 0.2) is 34.2 Å². The Morgan fingerprint density at radius 1 is 0.941 bits per heavy atom. The number of para-hydroxylation sites is 1. The van der Waals surface area contributed by atoms with Crippen LogP contribution in [0, 0.1) is 0 Å². The van der Waals surface area contributed by atoms with Crippen molar-refractivity contribution >= 4 is 31.3 Å². The highest BCUT2D eigenvalue weighted by Crippen LogP contribution is 2.31. The molecule has 2 aromatic rings. The Hall–Kier alpha value is -1.48. The molecule has 0 aliphatic carbocycles. The fourth-order valence-corrected chi connectivity index (χ4v) is 3.38. The number of halogens is 2. The number of aromatic nitrogens is 1. The summed E-state index contributed by atoms with van der Waals surface area (Å²) < 4.78 is 69.1. The molecule has 1 heterocycles. The summed E-state index contributed by atoms with van der Waals surface area (Å²) in [5.74, 6) is 0. The molecule has 0 aliphatic heterocycles. The second-order valence-electron chi connectivity index (χ2n) is 3.20. The summed E-state index contributed by atoms with van der Waals surface area (Å²) in [6.07, 6.45) is 0. The molecule has 0 radical (unpaired) electrons. The van der Waals surface area contributed by atoms with Crippen LogP contribution in [0.4, 0.5) is 7.77 Å². The second kappa shape index (κ2) is 3.50. The van der Waals surface area contributed by atoms with Crippen molar-refractivity contribution in [1.29, 1.82) is 0 Å². The van der Waals surface area contributed by atoms with Crippen molar-refractivity contribution in [3.8, 4) is 0 Å². The van der Waals surface area contributed by atoms with E-state index in [4.69, 9.17) is 0 Å². The molecule has 0 aliphatic rings. The molecule has 0 amide bonds. The minimum atomic E-state index is -5.35. The zero-order valence-electron chi connectivity index (χ0n) is 8.01. The fourth-order valence-electron chi connectivity index (χ4n) is 1.51. The van der Waals surface area contributed by atoms with Crippen LogP contribution in [0.2, 0.25) is 0 Å². The topological polar surface area (TPSA) is 84.1 Å². The molecule has 1 N–H and O–H groups in total. The van der Waals surface area contributed by atoms with Crippen molar-refractivity contribution in [1.82, 2.24) is 4.98 Å². The number of rotatable bonds is 2. The average molecular weight is 281 g/mol. The third-order valence-corrected chi connectivity index (χ3v) is 3.95. The van der Waals surface area contributed by atoms with E-state index < -0.39 is 30.4 Å². The quantitative estimate of drug-likeness (QED) is 0.845. The first kappa shape index (κ1) is 12.0. The van der Waals surface area contributed by atoms with Gasteiger partial charge in [0.25, 0.3) is 0 Å². The molecule has 92 valence electrons. The maximum atomic E-state index is 13.0. The van der Waals surface area contributed by atoms with Crippen LogP contribution in [-0.4, -0.2) is 21.8 Å². The second-order valence-corrected chi connectivity index (χ2v) is 5.77. The number of benzene rings is 1. The van der Waals surface area contributed by atoms with Gasteiger partial charge in [-0.05, 0) is 6.07 Å². The Balaban J connectivity index is 3.05. The molecule has 0 bridgehead atoms. The predicted molar refractivity (Wildman–Crippen MR) is 54.9 cm³/mol. The zero-order valence-corrected chi connectivity index (χ0v) is 9.65. The Morgan fingerprint density at radius 3 is 2.06 bits per heavy atom. The van der Waals surface area contributed by atoms with E-state index in [0.717, 1.165) is 0 Å². The van der Waals surface area contributed by atoms with Crippen LogP contribution in [0.1, 0.15) is 0 Å². The predicted octanol–water partition coefficient (Wildman–Crippen LogP) is 1.48. The largest absolute Gasteiger partial charge is 0.349 e. The highest BCUT2D eigenvalue weighted by molar-refractivity contribution is 7.89. The maximum Gasteiger partial charge on any atom is 0.349 e. The van der Waals surface area contributed by atoms with Gasteiger partial charge in [-0.1, -0.05) is 22.1 Å². The molecular weight excluding hydrogens is 276 g/mol. The first-order valence-corrected chi connectivity index (χ1v) is 6.98. The van der Waals surface area contributed by atoms with Crippen LogP contribution >= 0.6 is 0 Å². The number of fused-ring (bicyclic) bond motifs is 1. The van der Waals surface area contributed by atoms with E-state index in [1.165, 1.54) is 24.3 Å². The van der Waals surface area contributed by atoms with Gasteiger partial charge in [-0.25, -0.2) is 0 Å². The molecule has 0 atom stereocenters. The Bertz CT molecular complexity index is 792. The van der Waals surface area contributed by atoms with Gasteiger partial charge in [0.1, 0.15) is 4.90 Å². The number of nitrogens with one attached hydrogen (secondary N) is 1. The summed E-state index contributed by atoms with van der Waals surface area (Å²) in [5, 5.41) is -1.51. The van der Waals surface area contributed by atoms with Gasteiger partial charge < -0.3 is 4.98 Å². The minimum Gasteiger partial charge on any atom is -0.342 e. The van der Waals surface area contributed by atoms with Crippen LogP contribution < -0.4 is 0 Å².